The second-order valence-corrected chi connectivity index (χ2v) is 2.24. The van der Waals surface area contributed by atoms with Crippen molar-refractivity contribution >= 4 is 17.7 Å². The summed E-state index contributed by atoms with van der Waals surface area (Å²) < 4.78 is 9.28. The van der Waals surface area contributed by atoms with Gasteiger partial charge in [0.25, 0.3) is 0 Å². The minimum atomic E-state index is -0.251. The number of esters is 1. The predicted molar refractivity (Wildman–Crippen MR) is 36.1 cm³/mol. The number of hydrogen-bond donors (Lipinski definition) is 0. The van der Waals surface area contributed by atoms with Gasteiger partial charge in [0, 0.05) is 14.0 Å². The van der Waals surface area contributed by atoms with E-state index in [0.717, 1.165) is 0 Å². The van der Waals surface area contributed by atoms with E-state index >= 15 is 0 Å². The first-order chi connectivity index (χ1) is 4.27. The molecule has 54 valence electrons. The molecule has 0 atom stereocenters. The van der Waals surface area contributed by atoms with Crippen molar-refractivity contribution < 1.29 is 14.3 Å². The van der Waals surface area contributed by atoms with Gasteiger partial charge < -0.3 is 9.47 Å². The van der Waals surface area contributed by atoms with Crippen LogP contribution in [-0.4, -0.2) is 25.0 Å². The lowest BCUT2D eigenvalue weighted by molar-refractivity contribution is -0.138. The van der Waals surface area contributed by atoms with Gasteiger partial charge in [0.2, 0.25) is 0 Å². The third kappa shape index (κ3) is 7.78. The fourth-order valence-electron chi connectivity index (χ4n) is 0.242. The summed E-state index contributed by atoms with van der Waals surface area (Å²) in [6.45, 7) is 1.38. The van der Waals surface area contributed by atoms with Crippen molar-refractivity contribution in [3.05, 3.63) is 0 Å². The second kappa shape index (κ2) is 5.91. The second-order valence-electron chi connectivity index (χ2n) is 1.36. The standard InChI is InChI=1S/C5H10O3S/c1-5(6)8-4-9-3-7-2/h3-4H2,1-2H3. The molecule has 0 rings (SSSR count). The number of rotatable bonds is 4. The molecule has 0 N–H and O–H groups in total. The normalized spacial score (nSPS) is 9.11. The van der Waals surface area contributed by atoms with Crippen molar-refractivity contribution in [2.75, 3.05) is 19.0 Å². The molecule has 0 unspecified atom stereocenters. The van der Waals surface area contributed by atoms with Crippen LogP contribution in [0.15, 0.2) is 0 Å². The Labute approximate surface area is 58.7 Å². The van der Waals surface area contributed by atoms with Gasteiger partial charge in [-0.2, -0.15) is 0 Å². The minimum absolute atomic E-state index is 0.251. The molecule has 0 aliphatic rings. The maximum atomic E-state index is 10.1. The average Bonchev–Trinajstić information content (AvgIpc) is 1.80. The Kier molecular flexibility index (Phi) is 5.76. The van der Waals surface area contributed by atoms with Crippen LogP contribution in [0.2, 0.25) is 0 Å². The Balaban J connectivity index is 2.83. The molecule has 0 heterocycles. The van der Waals surface area contributed by atoms with Gasteiger partial charge in [0.15, 0.2) is 0 Å². The van der Waals surface area contributed by atoms with Gasteiger partial charge >= 0.3 is 5.97 Å². The first-order valence-electron chi connectivity index (χ1n) is 2.47. The highest BCUT2D eigenvalue weighted by molar-refractivity contribution is 7.98. The van der Waals surface area contributed by atoms with E-state index in [4.69, 9.17) is 4.74 Å². The zero-order chi connectivity index (χ0) is 7.11. The van der Waals surface area contributed by atoms with Crippen LogP contribution in [0.1, 0.15) is 6.92 Å². The zero-order valence-corrected chi connectivity index (χ0v) is 6.36. The van der Waals surface area contributed by atoms with Crippen LogP contribution >= 0.6 is 11.8 Å². The number of thioether (sulfide) groups is 1. The first kappa shape index (κ1) is 8.78. The lowest BCUT2D eigenvalue weighted by atomic mass is 10.8. The molecule has 0 saturated carbocycles. The van der Waals surface area contributed by atoms with E-state index in [2.05, 4.69) is 4.74 Å². The van der Waals surface area contributed by atoms with Crippen LogP contribution in [0.25, 0.3) is 0 Å². The lowest BCUT2D eigenvalue weighted by Crippen LogP contribution is -1.98. The van der Waals surface area contributed by atoms with Crippen molar-refractivity contribution in [2.24, 2.45) is 0 Å². The summed E-state index contributed by atoms with van der Waals surface area (Å²) in [5.74, 6) is 0.690. The van der Waals surface area contributed by atoms with Crippen LogP contribution in [0.5, 0.6) is 0 Å². The molecule has 9 heavy (non-hydrogen) atoms. The Morgan fingerprint density at radius 1 is 1.56 bits per heavy atom. The summed E-state index contributed by atoms with van der Waals surface area (Å²) in [4.78, 5) is 10.1. The van der Waals surface area contributed by atoms with E-state index in [1.54, 1.807) is 7.11 Å². The maximum Gasteiger partial charge on any atom is 0.303 e. The molecular weight excluding hydrogens is 140 g/mol. The fourth-order valence-corrected chi connectivity index (χ4v) is 0.726. The highest BCUT2D eigenvalue weighted by Crippen LogP contribution is 1.98. The summed E-state index contributed by atoms with van der Waals surface area (Å²) in [6.07, 6.45) is 0. The van der Waals surface area contributed by atoms with E-state index < -0.39 is 0 Å². The van der Waals surface area contributed by atoms with Gasteiger partial charge in [-0.25, -0.2) is 0 Å². The third-order valence-electron chi connectivity index (χ3n) is 0.547. The van der Waals surface area contributed by atoms with E-state index in [0.29, 0.717) is 11.9 Å². The van der Waals surface area contributed by atoms with Gasteiger partial charge in [0.1, 0.15) is 5.94 Å². The van der Waals surface area contributed by atoms with E-state index in [-0.39, 0.29) is 5.97 Å². The Hall–Kier alpha value is -0.220. The summed E-state index contributed by atoms with van der Waals surface area (Å²) in [5, 5.41) is 0. The monoisotopic (exact) mass is 150 g/mol. The van der Waals surface area contributed by atoms with Crippen molar-refractivity contribution in [3.8, 4) is 0 Å². The average molecular weight is 150 g/mol. The minimum Gasteiger partial charge on any atom is -0.455 e. The molecule has 4 heteroatoms. The van der Waals surface area contributed by atoms with Crippen LogP contribution in [0.3, 0.4) is 0 Å². The molecule has 0 bridgehead atoms. The molecule has 0 amide bonds. The lowest BCUT2D eigenvalue weighted by Gasteiger charge is -1.98. The smallest absolute Gasteiger partial charge is 0.303 e. The highest BCUT2D eigenvalue weighted by atomic mass is 32.2. The summed E-state index contributed by atoms with van der Waals surface area (Å²) in [5.41, 5.74) is 0. The Morgan fingerprint density at radius 2 is 2.22 bits per heavy atom. The number of carbonyl (C=O) groups is 1. The largest absolute Gasteiger partial charge is 0.455 e. The van der Waals surface area contributed by atoms with Crippen LogP contribution in [-0.2, 0) is 14.3 Å². The van der Waals surface area contributed by atoms with E-state index in [1.165, 1.54) is 18.7 Å². The SMILES string of the molecule is COCSCOC(C)=O. The van der Waals surface area contributed by atoms with Crippen LogP contribution < -0.4 is 0 Å². The number of carbonyl (C=O) groups excluding carboxylic acids is 1. The topological polar surface area (TPSA) is 35.5 Å². The summed E-state index contributed by atoms with van der Waals surface area (Å²) in [6, 6.07) is 0. The highest BCUT2D eigenvalue weighted by Gasteiger charge is 1.90. The molecule has 0 aliphatic heterocycles. The summed E-state index contributed by atoms with van der Waals surface area (Å²) in [7, 11) is 1.60. The van der Waals surface area contributed by atoms with Crippen molar-refractivity contribution in [1.29, 1.82) is 0 Å². The van der Waals surface area contributed by atoms with Crippen molar-refractivity contribution in [2.45, 2.75) is 6.92 Å². The Bertz CT molecular complexity index is 84.3. The molecule has 0 radical (unpaired) electrons. The van der Waals surface area contributed by atoms with Crippen LogP contribution in [0, 0.1) is 0 Å². The molecule has 0 fully saturated rings. The van der Waals surface area contributed by atoms with E-state index in [9.17, 15) is 4.79 Å². The molecule has 3 nitrogen and oxygen atoms in total. The molecule has 0 aromatic heterocycles. The molecule has 0 aromatic rings. The predicted octanol–water partition coefficient (Wildman–Crippen LogP) is 0.844. The number of methoxy groups -OCH3 is 1. The first-order valence-corrected chi connectivity index (χ1v) is 3.63. The molecule has 0 aromatic carbocycles. The van der Waals surface area contributed by atoms with Gasteiger partial charge in [-0.1, -0.05) is 11.8 Å². The summed E-state index contributed by atoms with van der Waals surface area (Å²) >= 11 is 1.42. The van der Waals surface area contributed by atoms with Gasteiger partial charge in [-0.05, 0) is 0 Å². The zero-order valence-electron chi connectivity index (χ0n) is 5.55. The van der Waals surface area contributed by atoms with Gasteiger partial charge in [-0.3, -0.25) is 4.79 Å². The third-order valence-corrected chi connectivity index (χ3v) is 1.23. The molecule has 0 spiro atoms. The van der Waals surface area contributed by atoms with Crippen molar-refractivity contribution in [1.82, 2.24) is 0 Å². The number of ether oxygens (including phenoxy) is 2. The maximum absolute atomic E-state index is 10.1. The Morgan fingerprint density at radius 3 is 2.67 bits per heavy atom. The van der Waals surface area contributed by atoms with Gasteiger partial charge in [0.05, 0.1) is 5.94 Å². The quantitative estimate of drug-likeness (QED) is 0.338. The number of hydrogen-bond acceptors (Lipinski definition) is 4. The van der Waals surface area contributed by atoms with E-state index in [1.807, 2.05) is 0 Å². The van der Waals surface area contributed by atoms with Crippen molar-refractivity contribution in [3.63, 3.8) is 0 Å². The molecular formula is C5H10O3S. The van der Waals surface area contributed by atoms with Gasteiger partial charge in [-0.15, -0.1) is 0 Å². The molecule has 0 aliphatic carbocycles. The van der Waals surface area contributed by atoms with Crippen LogP contribution in [0.4, 0.5) is 0 Å². The molecule has 0 saturated heterocycles. The fraction of sp³-hybridized carbons (Fsp3) is 0.800.